The van der Waals surface area contributed by atoms with E-state index in [-0.39, 0.29) is 23.7 Å². The van der Waals surface area contributed by atoms with Crippen molar-refractivity contribution in [3.8, 4) is 5.69 Å². The summed E-state index contributed by atoms with van der Waals surface area (Å²) in [6.07, 6.45) is 0.525. The summed E-state index contributed by atoms with van der Waals surface area (Å²) in [5, 5.41) is 5.89. The van der Waals surface area contributed by atoms with E-state index in [1.807, 2.05) is 32.0 Å². The third-order valence-electron chi connectivity index (χ3n) is 4.76. The van der Waals surface area contributed by atoms with Crippen LogP contribution in [0.1, 0.15) is 28.8 Å². The highest BCUT2D eigenvalue weighted by Gasteiger charge is 2.14. The monoisotopic (exact) mass is 367 g/mol. The van der Waals surface area contributed by atoms with E-state index in [0.717, 1.165) is 16.8 Å². The molecule has 2 aromatic carbocycles. The smallest absolute Gasteiger partial charge is 0.274 e. The maximum absolute atomic E-state index is 13.1. The average molecular weight is 367 g/mol. The van der Waals surface area contributed by atoms with Crippen LogP contribution >= 0.6 is 0 Å². The van der Waals surface area contributed by atoms with Crippen LogP contribution in [0.2, 0.25) is 0 Å². The third kappa shape index (κ3) is 4.00. The Hall–Kier alpha value is -3.15. The Balaban J connectivity index is 1.73. The highest BCUT2D eigenvalue weighted by molar-refractivity contribution is 5.91. The van der Waals surface area contributed by atoms with Gasteiger partial charge in [-0.25, -0.2) is 9.07 Å². The molecule has 140 valence electrons. The Bertz CT molecular complexity index is 1030. The van der Waals surface area contributed by atoms with Gasteiger partial charge in [0, 0.05) is 23.4 Å². The summed E-state index contributed by atoms with van der Waals surface area (Å²) in [6.45, 7) is 5.74. The van der Waals surface area contributed by atoms with Crippen LogP contribution in [0.15, 0.2) is 47.3 Å². The molecule has 5 nitrogen and oxygen atoms in total. The number of aromatic nitrogens is 2. The molecule has 1 aromatic heterocycles. The molecule has 3 rings (SSSR count). The largest absolute Gasteiger partial charge is 0.326 e. The minimum absolute atomic E-state index is 0.142. The number of nitrogens with zero attached hydrogens (tertiary/aromatic N) is 1. The van der Waals surface area contributed by atoms with Crippen LogP contribution in [0.5, 0.6) is 0 Å². The number of aromatic amines is 1. The topological polar surface area (TPSA) is 66.9 Å². The van der Waals surface area contributed by atoms with Gasteiger partial charge in [0.05, 0.1) is 5.69 Å². The first-order valence-electron chi connectivity index (χ1n) is 8.79. The fraction of sp³-hybridized carbons (Fsp3) is 0.238. The number of halogens is 1. The van der Waals surface area contributed by atoms with Crippen molar-refractivity contribution >= 4 is 11.6 Å². The van der Waals surface area contributed by atoms with Gasteiger partial charge in [0.2, 0.25) is 5.91 Å². The predicted molar refractivity (Wildman–Crippen MR) is 104 cm³/mol. The molecule has 0 unspecified atom stereocenters. The van der Waals surface area contributed by atoms with E-state index in [9.17, 15) is 14.0 Å². The molecule has 6 heteroatoms. The van der Waals surface area contributed by atoms with Crippen molar-refractivity contribution in [2.24, 2.45) is 0 Å². The second kappa shape index (κ2) is 7.61. The third-order valence-corrected chi connectivity index (χ3v) is 4.76. The molecule has 0 aliphatic carbocycles. The standard InChI is InChI=1S/C21H22FN3O2/c1-13-5-4-6-19(14(13)2)23-20(26)12-11-18-15(3)24-25(21(18)27)17-9-7-16(22)8-10-17/h4-10,24H,11-12H2,1-3H3,(H,23,26). The number of H-pyrrole nitrogens is 1. The minimum atomic E-state index is -0.363. The Kier molecular flexibility index (Phi) is 5.26. The van der Waals surface area contributed by atoms with Gasteiger partial charge >= 0.3 is 0 Å². The molecule has 1 heterocycles. The van der Waals surface area contributed by atoms with Gasteiger partial charge in [-0.05, 0) is 68.7 Å². The Morgan fingerprint density at radius 2 is 1.81 bits per heavy atom. The molecular formula is C21H22FN3O2. The molecule has 1 amide bonds. The van der Waals surface area contributed by atoms with Crippen LogP contribution in [0.4, 0.5) is 10.1 Å². The summed E-state index contributed by atoms with van der Waals surface area (Å²) in [5.41, 5.74) is 4.50. The number of hydrogen-bond donors (Lipinski definition) is 2. The lowest BCUT2D eigenvalue weighted by molar-refractivity contribution is -0.116. The number of carbonyl (C=O) groups is 1. The van der Waals surface area contributed by atoms with Crippen molar-refractivity contribution in [1.29, 1.82) is 0 Å². The molecule has 0 aliphatic heterocycles. The minimum Gasteiger partial charge on any atom is -0.326 e. The lowest BCUT2D eigenvalue weighted by Crippen LogP contribution is -2.19. The van der Waals surface area contributed by atoms with Crippen LogP contribution in [-0.4, -0.2) is 15.7 Å². The Morgan fingerprint density at radius 3 is 2.52 bits per heavy atom. The second-order valence-electron chi connectivity index (χ2n) is 6.63. The van der Waals surface area contributed by atoms with Gasteiger partial charge in [0.25, 0.3) is 5.56 Å². The fourth-order valence-electron chi connectivity index (χ4n) is 2.99. The maximum Gasteiger partial charge on any atom is 0.274 e. The summed E-state index contributed by atoms with van der Waals surface area (Å²) in [5.74, 6) is -0.504. The van der Waals surface area contributed by atoms with Crippen molar-refractivity contribution in [1.82, 2.24) is 9.78 Å². The summed E-state index contributed by atoms with van der Waals surface area (Å²) < 4.78 is 14.5. The van der Waals surface area contributed by atoms with E-state index in [4.69, 9.17) is 0 Å². The second-order valence-corrected chi connectivity index (χ2v) is 6.63. The number of nitrogens with one attached hydrogen (secondary N) is 2. The van der Waals surface area contributed by atoms with Crippen LogP contribution in [0.3, 0.4) is 0 Å². The molecule has 0 atom stereocenters. The molecule has 2 N–H and O–H groups in total. The van der Waals surface area contributed by atoms with E-state index in [2.05, 4.69) is 10.4 Å². The molecule has 0 saturated carbocycles. The zero-order chi connectivity index (χ0) is 19.6. The predicted octanol–water partition coefficient (Wildman–Crippen LogP) is 3.80. The summed E-state index contributed by atoms with van der Waals surface area (Å²) in [4.78, 5) is 25.0. The summed E-state index contributed by atoms with van der Waals surface area (Å²) >= 11 is 0. The van der Waals surface area contributed by atoms with E-state index >= 15 is 0 Å². The summed E-state index contributed by atoms with van der Waals surface area (Å²) in [7, 11) is 0. The van der Waals surface area contributed by atoms with Gasteiger partial charge in [-0.1, -0.05) is 12.1 Å². The Morgan fingerprint density at radius 1 is 1.11 bits per heavy atom. The molecule has 0 fully saturated rings. The number of carbonyl (C=O) groups excluding carboxylic acids is 1. The molecule has 0 bridgehead atoms. The molecular weight excluding hydrogens is 345 g/mol. The van der Waals surface area contributed by atoms with Crippen LogP contribution in [-0.2, 0) is 11.2 Å². The first-order valence-corrected chi connectivity index (χ1v) is 8.79. The van der Waals surface area contributed by atoms with Crippen molar-refractivity contribution in [2.75, 3.05) is 5.32 Å². The fourth-order valence-corrected chi connectivity index (χ4v) is 2.99. The average Bonchev–Trinajstić information content (AvgIpc) is 2.92. The van der Waals surface area contributed by atoms with Gasteiger partial charge in [0.1, 0.15) is 5.82 Å². The molecule has 0 saturated heterocycles. The lowest BCUT2D eigenvalue weighted by Gasteiger charge is -2.10. The highest BCUT2D eigenvalue weighted by atomic mass is 19.1. The normalized spacial score (nSPS) is 10.8. The molecule has 0 aliphatic rings. The van der Waals surface area contributed by atoms with Crippen LogP contribution < -0.4 is 10.9 Å². The SMILES string of the molecule is Cc1cccc(NC(=O)CCc2c(C)[nH]n(-c3ccc(F)cc3)c2=O)c1C. The van der Waals surface area contributed by atoms with Gasteiger partial charge in [0.15, 0.2) is 0 Å². The van der Waals surface area contributed by atoms with Crippen molar-refractivity contribution in [2.45, 2.75) is 33.6 Å². The van der Waals surface area contributed by atoms with Gasteiger partial charge in [-0.2, -0.15) is 0 Å². The number of anilines is 1. The number of benzene rings is 2. The zero-order valence-electron chi connectivity index (χ0n) is 15.6. The van der Waals surface area contributed by atoms with Gasteiger partial charge in [-0.3, -0.25) is 14.7 Å². The first kappa shape index (κ1) is 18.6. The number of rotatable bonds is 5. The van der Waals surface area contributed by atoms with Gasteiger partial charge in [-0.15, -0.1) is 0 Å². The van der Waals surface area contributed by atoms with Gasteiger partial charge < -0.3 is 5.32 Å². The van der Waals surface area contributed by atoms with E-state index < -0.39 is 0 Å². The number of amides is 1. The van der Waals surface area contributed by atoms with E-state index in [1.165, 1.54) is 28.9 Å². The molecule has 0 spiro atoms. The van der Waals surface area contributed by atoms with Crippen molar-refractivity contribution < 1.29 is 9.18 Å². The number of hydrogen-bond acceptors (Lipinski definition) is 2. The summed E-state index contributed by atoms with van der Waals surface area (Å²) in [6, 6.07) is 11.4. The van der Waals surface area contributed by atoms with E-state index in [1.54, 1.807) is 6.92 Å². The first-order chi connectivity index (χ1) is 12.9. The van der Waals surface area contributed by atoms with E-state index in [0.29, 0.717) is 23.4 Å². The quantitative estimate of drug-likeness (QED) is 0.720. The lowest BCUT2D eigenvalue weighted by atomic mass is 10.1. The highest BCUT2D eigenvalue weighted by Crippen LogP contribution is 2.18. The molecule has 3 aromatic rings. The Labute approximate surface area is 156 Å². The van der Waals surface area contributed by atoms with Crippen molar-refractivity contribution in [3.05, 3.63) is 81.0 Å². The molecule has 0 radical (unpaired) electrons. The molecule has 27 heavy (non-hydrogen) atoms. The number of aryl methyl sites for hydroxylation is 2. The maximum atomic E-state index is 13.1. The zero-order valence-corrected chi connectivity index (χ0v) is 15.6. The van der Waals surface area contributed by atoms with Crippen molar-refractivity contribution in [3.63, 3.8) is 0 Å². The van der Waals surface area contributed by atoms with Crippen LogP contribution in [0, 0.1) is 26.6 Å². The van der Waals surface area contributed by atoms with Crippen LogP contribution in [0.25, 0.3) is 5.69 Å².